The summed E-state index contributed by atoms with van der Waals surface area (Å²) in [6.07, 6.45) is 0. The molecule has 1 aromatic heterocycles. The molecule has 0 unspecified atom stereocenters. The molecule has 5 nitrogen and oxygen atoms in total. The second-order valence-corrected chi connectivity index (χ2v) is 4.94. The van der Waals surface area contributed by atoms with Crippen molar-refractivity contribution in [1.82, 2.24) is 9.88 Å². The van der Waals surface area contributed by atoms with Crippen molar-refractivity contribution < 1.29 is 14.6 Å². The molecule has 1 rings (SSSR count). The summed E-state index contributed by atoms with van der Waals surface area (Å²) in [6, 6.07) is 5.64. The Morgan fingerprint density at radius 2 is 1.95 bits per heavy atom. The van der Waals surface area contributed by atoms with Crippen molar-refractivity contribution >= 4 is 5.97 Å². The predicted octanol–water partition coefficient (Wildman–Crippen LogP) is 2.28. The molecule has 0 aliphatic heterocycles. The number of hydrogen-bond donors (Lipinski definition) is 1. The number of ether oxygens (including phenoxy) is 1. The third kappa shape index (κ3) is 4.87. The summed E-state index contributed by atoms with van der Waals surface area (Å²) in [5.74, 6) is -0.691. The molecule has 0 saturated carbocycles. The van der Waals surface area contributed by atoms with E-state index in [1.807, 2.05) is 0 Å². The fourth-order valence-electron chi connectivity index (χ4n) is 1.98. The van der Waals surface area contributed by atoms with Gasteiger partial charge in [0.25, 0.3) is 0 Å². The molecular formula is C14H22N2O3. The lowest BCUT2D eigenvalue weighted by Gasteiger charge is -2.30. The number of aromatic nitrogens is 1. The van der Waals surface area contributed by atoms with Gasteiger partial charge in [-0.1, -0.05) is 6.07 Å². The minimum atomic E-state index is -1.04. The first-order valence-corrected chi connectivity index (χ1v) is 6.50. The molecule has 0 bridgehead atoms. The highest BCUT2D eigenvalue weighted by atomic mass is 16.5. The highest BCUT2D eigenvalue weighted by molar-refractivity contribution is 5.85. The van der Waals surface area contributed by atoms with Gasteiger partial charge >= 0.3 is 5.97 Å². The molecule has 1 heterocycles. The molecule has 0 saturated heterocycles. The molecule has 0 radical (unpaired) electrons. The maximum atomic E-state index is 10.8. The summed E-state index contributed by atoms with van der Waals surface area (Å²) in [5, 5.41) is 8.84. The number of carboxylic acid groups (broad SMARTS) is 1. The lowest BCUT2D eigenvalue weighted by atomic mass is 10.2. The van der Waals surface area contributed by atoms with E-state index in [0.717, 1.165) is 6.54 Å². The van der Waals surface area contributed by atoms with Crippen LogP contribution >= 0.6 is 0 Å². The number of aromatic carboxylic acids is 1. The van der Waals surface area contributed by atoms with Gasteiger partial charge in [-0.2, -0.15) is 0 Å². The van der Waals surface area contributed by atoms with Crippen molar-refractivity contribution in [1.29, 1.82) is 0 Å². The standard InChI is InChI=1S/C14H22N2O3/c1-10(2)16(11(3)4)8-9-19-13-7-5-6-12(15-13)14(17)18/h5-7,10-11H,8-9H2,1-4H3,(H,17,18). The Morgan fingerprint density at radius 1 is 1.32 bits per heavy atom. The van der Waals surface area contributed by atoms with Gasteiger partial charge in [-0.3, -0.25) is 4.90 Å². The van der Waals surface area contributed by atoms with Crippen LogP contribution in [-0.2, 0) is 0 Å². The minimum absolute atomic E-state index is 0.00192. The minimum Gasteiger partial charge on any atom is -0.477 e. The van der Waals surface area contributed by atoms with E-state index in [1.54, 1.807) is 12.1 Å². The van der Waals surface area contributed by atoms with Gasteiger partial charge in [0.05, 0.1) is 0 Å². The van der Waals surface area contributed by atoms with Gasteiger partial charge in [0, 0.05) is 24.7 Å². The highest BCUT2D eigenvalue weighted by Gasteiger charge is 2.13. The quantitative estimate of drug-likeness (QED) is 0.820. The van der Waals surface area contributed by atoms with Crippen LogP contribution in [0.25, 0.3) is 0 Å². The van der Waals surface area contributed by atoms with Crippen LogP contribution in [0, 0.1) is 0 Å². The molecule has 0 aliphatic carbocycles. The van der Waals surface area contributed by atoms with Crippen LogP contribution in [0.4, 0.5) is 0 Å². The molecule has 0 fully saturated rings. The van der Waals surface area contributed by atoms with Gasteiger partial charge in [-0.25, -0.2) is 9.78 Å². The normalized spacial score (nSPS) is 11.3. The Bertz CT molecular complexity index is 411. The Morgan fingerprint density at radius 3 is 2.47 bits per heavy atom. The maximum Gasteiger partial charge on any atom is 0.354 e. The zero-order valence-electron chi connectivity index (χ0n) is 12.0. The van der Waals surface area contributed by atoms with E-state index in [4.69, 9.17) is 9.84 Å². The Labute approximate surface area is 114 Å². The summed E-state index contributed by atoms with van der Waals surface area (Å²) < 4.78 is 5.51. The van der Waals surface area contributed by atoms with E-state index in [2.05, 4.69) is 37.6 Å². The van der Waals surface area contributed by atoms with E-state index in [0.29, 0.717) is 24.6 Å². The van der Waals surface area contributed by atoms with E-state index < -0.39 is 5.97 Å². The first kappa shape index (κ1) is 15.4. The molecule has 1 aromatic rings. The van der Waals surface area contributed by atoms with Gasteiger partial charge in [-0.05, 0) is 33.8 Å². The first-order valence-electron chi connectivity index (χ1n) is 6.50. The Kier molecular flexibility index (Phi) is 5.76. The van der Waals surface area contributed by atoms with E-state index in [1.165, 1.54) is 6.07 Å². The third-order valence-electron chi connectivity index (χ3n) is 2.87. The average molecular weight is 266 g/mol. The number of pyridine rings is 1. The van der Waals surface area contributed by atoms with Crippen LogP contribution in [0.3, 0.4) is 0 Å². The SMILES string of the molecule is CC(C)N(CCOc1cccc(C(=O)O)n1)C(C)C. The molecular weight excluding hydrogens is 244 g/mol. The monoisotopic (exact) mass is 266 g/mol. The van der Waals surface area contributed by atoms with Crippen LogP contribution < -0.4 is 4.74 Å². The molecule has 19 heavy (non-hydrogen) atoms. The number of nitrogens with zero attached hydrogens (tertiary/aromatic N) is 2. The zero-order valence-corrected chi connectivity index (χ0v) is 12.0. The number of hydrogen-bond acceptors (Lipinski definition) is 4. The van der Waals surface area contributed by atoms with Crippen LogP contribution in [0.1, 0.15) is 38.2 Å². The largest absolute Gasteiger partial charge is 0.477 e. The molecule has 0 spiro atoms. The second-order valence-electron chi connectivity index (χ2n) is 4.94. The summed E-state index contributed by atoms with van der Waals surface area (Å²) in [7, 11) is 0. The van der Waals surface area contributed by atoms with Crippen molar-refractivity contribution in [2.75, 3.05) is 13.2 Å². The molecule has 5 heteroatoms. The van der Waals surface area contributed by atoms with E-state index in [-0.39, 0.29) is 5.69 Å². The third-order valence-corrected chi connectivity index (χ3v) is 2.87. The molecule has 0 amide bonds. The number of carboxylic acids is 1. The number of rotatable bonds is 7. The first-order chi connectivity index (χ1) is 8.91. The maximum absolute atomic E-state index is 10.8. The van der Waals surface area contributed by atoms with Crippen LogP contribution in [0.15, 0.2) is 18.2 Å². The van der Waals surface area contributed by atoms with Gasteiger partial charge in [-0.15, -0.1) is 0 Å². The lowest BCUT2D eigenvalue weighted by Crippen LogP contribution is -2.39. The zero-order chi connectivity index (χ0) is 14.4. The van der Waals surface area contributed by atoms with Gasteiger partial charge < -0.3 is 9.84 Å². The van der Waals surface area contributed by atoms with Crippen molar-refractivity contribution in [2.45, 2.75) is 39.8 Å². The van der Waals surface area contributed by atoms with E-state index in [9.17, 15) is 4.79 Å². The van der Waals surface area contributed by atoms with Crippen molar-refractivity contribution in [3.05, 3.63) is 23.9 Å². The molecule has 106 valence electrons. The summed E-state index contributed by atoms with van der Waals surface area (Å²) in [5.41, 5.74) is 0.00192. The fraction of sp³-hybridized carbons (Fsp3) is 0.571. The predicted molar refractivity (Wildman–Crippen MR) is 73.7 cm³/mol. The molecule has 0 aromatic carbocycles. The summed E-state index contributed by atoms with van der Waals surface area (Å²) in [4.78, 5) is 17.0. The van der Waals surface area contributed by atoms with E-state index >= 15 is 0 Å². The van der Waals surface area contributed by atoms with Crippen LogP contribution in [0.5, 0.6) is 5.88 Å². The summed E-state index contributed by atoms with van der Waals surface area (Å²) in [6.45, 7) is 9.85. The van der Waals surface area contributed by atoms with Crippen LogP contribution in [0.2, 0.25) is 0 Å². The average Bonchev–Trinajstić information content (AvgIpc) is 2.34. The fourth-order valence-corrected chi connectivity index (χ4v) is 1.98. The number of carbonyl (C=O) groups is 1. The van der Waals surface area contributed by atoms with Crippen molar-refractivity contribution in [3.8, 4) is 5.88 Å². The Balaban J connectivity index is 2.53. The van der Waals surface area contributed by atoms with Crippen molar-refractivity contribution in [2.24, 2.45) is 0 Å². The molecule has 1 N–H and O–H groups in total. The van der Waals surface area contributed by atoms with Gasteiger partial charge in [0.15, 0.2) is 5.69 Å². The smallest absolute Gasteiger partial charge is 0.354 e. The molecule has 0 atom stereocenters. The highest BCUT2D eigenvalue weighted by Crippen LogP contribution is 2.09. The molecule has 0 aliphatic rings. The van der Waals surface area contributed by atoms with Crippen molar-refractivity contribution in [3.63, 3.8) is 0 Å². The Hall–Kier alpha value is -1.62. The van der Waals surface area contributed by atoms with Crippen LogP contribution in [-0.4, -0.2) is 46.2 Å². The second kappa shape index (κ2) is 7.09. The topological polar surface area (TPSA) is 62.7 Å². The van der Waals surface area contributed by atoms with Gasteiger partial charge in [0.1, 0.15) is 6.61 Å². The lowest BCUT2D eigenvalue weighted by molar-refractivity contribution is 0.0689. The summed E-state index contributed by atoms with van der Waals surface area (Å²) >= 11 is 0. The van der Waals surface area contributed by atoms with Gasteiger partial charge in [0.2, 0.25) is 5.88 Å².